The highest BCUT2D eigenvalue weighted by Gasteiger charge is 2.45. The number of rotatable bonds is 7. The number of nitrogens with zero attached hydrogens (tertiary/aromatic N) is 5. The lowest BCUT2D eigenvalue weighted by atomic mass is 10.1. The van der Waals surface area contributed by atoms with E-state index in [1.54, 1.807) is 37.3 Å². The van der Waals surface area contributed by atoms with Gasteiger partial charge < -0.3 is 18.8 Å². The van der Waals surface area contributed by atoms with Gasteiger partial charge in [-0.05, 0) is 36.4 Å². The van der Waals surface area contributed by atoms with Crippen LogP contribution in [0.5, 0.6) is 5.75 Å². The molecule has 0 aliphatic carbocycles. The van der Waals surface area contributed by atoms with Gasteiger partial charge in [-0.25, -0.2) is 4.98 Å². The van der Waals surface area contributed by atoms with Crippen molar-refractivity contribution in [1.82, 2.24) is 24.3 Å². The third-order valence-corrected chi connectivity index (χ3v) is 5.69. The molecule has 0 bridgehead atoms. The van der Waals surface area contributed by atoms with Crippen LogP contribution in [0.3, 0.4) is 0 Å². The average Bonchev–Trinajstić information content (AvgIpc) is 3.56. The minimum Gasteiger partial charge on any atom is -0.491 e. The van der Waals surface area contributed by atoms with E-state index in [2.05, 4.69) is 15.2 Å². The van der Waals surface area contributed by atoms with Gasteiger partial charge >= 0.3 is 0 Å². The molecule has 2 aromatic carbocycles. The molecule has 2 aromatic heterocycles. The molecule has 0 unspecified atom stereocenters. The average molecular weight is 472 g/mol. The van der Waals surface area contributed by atoms with Gasteiger partial charge in [0.25, 0.3) is 0 Å². The lowest BCUT2D eigenvalue weighted by Gasteiger charge is -2.30. The van der Waals surface area contributed by atoms with Gasteiger partial charge in [-0.1, -0.05) is 29.3 Å². The second-order valence-electron chi connectivity index (χ2n) is 7.34. The van der Waals surface area contributed by atoms with Crippen LogP contribution in [0.15, 0.2) is 73.8 Å². The Morgan fingerprint density at radius 2 is 1.88 bits per heavy atom. The molecule has 3 heterocycles. The molecule has 0 radical (unpaired) electrons. The molecule has 1 fully saturated rings. The van der Waals surface area contributed by atoms with Crippen LogP contribution in [0, 0.1) is 0 Å². The monoisotopic (exact) mass is 471 g/mol. The topological polar surface area (TPSA) is 76.2 Å². The largest absolute Gasteiger partial charge is 0.491 e. The van der Waals surface area contributed by atoms with Gasteiger partial charge in [0.2, 0.25) is 5.79 Å². The molecule has 4 aromatic rings. The molecule has 10 heteroatoms. The number of halogens is 2. The molecular weight excluding hydrogens is 453 g/mol. The Morgan fingerprint density at radius 1 is 1.06 bits per heavy atom. The second-order valence-corrected chi connectivity index (χ2v) is 8.18. The fraction of sp³-hybridized carbons (Fsp3) is 0.227. The van der Waals surface area contributed by atoms with E-state index in [1.165, 1.54) is 0 Å². The molecule has 1 aliphatic heterocycles. The Balaban J connectivity index is 1.30. The zero-order valence-electron chi connectivity index (χ0n) is 16.8. The minimum absolute atomic E-state index is 0.289. The summed E-state index contributed by atoms with van der Waals surface area (Å²) in [6, 6.07) is 12.9. The van der Waals surface area contributed by atoms with Gasteiger partial charge in [0, 0.05) is 28.7 Å². The van der Waals surface area contributed by atoms with E-state index in [9.17, 15) is 0 Å². The van der Waals surface area contributed by atoms with Crippen molar-refractivity contribution in [3.05, 3.63) is 89.4 Å². The predicted molar refractivity (Wildman–Crippen MR) is 118 cm³/mol. The molecule has 2 atom stereocenters. The van der Waals surface area contributed by atoms with Crippen molar-refractivity contribution in [3.63, 3.8) is 0 Å². The number of aromatic nitrogens is 5. The molecule has 0 amide bonds. The molecule has 8 nitrogen and oxygen atoms in total. The summed E-state index contributed by atoms with van der Waals surface area (Å²) in [6.07, 6.45) is 8.25. The van der Waals surface area contributed by atoms with Crippen molar-refractivity contribution in [2.24, 2.45) is 0 Å². The van der Waals surface area contributed by atoms with Gasteiger partial charge in [-0.3, -0.25) is 4.57 Å². The summed E-state index contributed by atoms with van der Waals surface area (Å²) in [7, 11) is 0. The van der Waals surface area contributed by atoms with E-state index >= 15 is 0 Å². The fourth-order valence-corrected chi connectivity index (χ4v) is 4.17. The van der Waals surface area contributed by atoms with E-state index in [1.807, 2.05) is 45.7 Å². The first-order valence-corrected chi connectivity index (χ1v) is 10.7. The number of hydrogen-bond donors (Lipinski definition) is 0. The molecule has 0 N–H and O–H groups in total. The van der Waals surface area contributed by atoms with Crippen LogP contribution >= 0.6 is 23.2 Å². The van der Waals surface area contributed by atoms with Crippen LogP contribution < -0.4 is 4.74 Å². The highest BCUT2D eigenvalue weighted by atomic mass is 35.5. The maximum atomic E-state index is 6.51. The molecule has 164 valence electrons. The maximum absolute atomic E-state index is 6.51. The zero-order valence-corrected chi connectivity index (χ0v) is 18.4. The molecule has 0 saturated carbocycles. The van der Waals surface area contributed by atoms with Crippen LogP contribution in [-0.2, 0) is 21.8 Å². The number of hydrogen-bond acceptors (Lipinski definition) is 6. The number of imidazole rings is 1. The summed E-state index contributed by atoms with van der Waals surface area (Å²) >= 11 is 12.6. The van der Waals surface area contributed by atoms with Gasteiger partial charge in [0.15, 0.2) is 0 Å². The van der Waals surface area contributed by atoms with Gasteiger partial charge in [-0.2, -0.15) is 0 Å². The molecule has 0 spiro atoms. The van der Waals surface area contributed by atoms with E-state index in [-0.39, 0.29) is 6.10 Å². The molecule has 1 aliphatic rings. The summed E-state index contributed by atoms with van der Waals surface area (Å²) in [6.45, 7) is 1.06. The molecule has 32 heavy (non-hydrogen) atoms. The van der Waals surface area contributed by atoms with E-state index in [0.29, 0.717) is 35.4 Å². The van der Waals surface area contributed by atoms with Crippen LogP contribution in [0.25, 0.3) is 5.69 Å². The second kappa shape index (κ2) is 8.91. The first-order chi connectivity index (χ1) is 15.6. The first-order valence-electron chi connectivity index (χ1n) is 9.92. The van der Waals surface area contributed by atoms with Crippen molar-refractivity contribution in [2.75, 3.05) is 13.2 Å². The van der Waals surface area contributed by atoms with Crippen molar-refractivity contribution in [2.45, 2.75) is 18.4 Å². The van der Waals surface area contributed by atoms with E-state index in [4.69, 9.17) is 37.4 Å². The molecule has 5 rings (SSSR count). The predicted octanol–water partition coefficient (Wildman–Crippen LogP) is 4.12. The van der Waals surface area contributed by atoms with Crippen molar-refractivity contribution in [1.29, 1.82) is 0 Å². The zero-order chi connectivity index (χ0) is 22.0. The van der Waals surface area contributed by atoms with E-state index < -0.39 is 5.79 Å². The minimum atomic E-state index is -1.07. The highest BCUT2D eigenvalue weighted by Crippen LogP contribution is 2.40. The number of ether oxygens (including phenoxy) is 3. The molecule has 1 saturated heterocycles. The van der Waals surface area contributed by atoms with Crippen molar-refractivity contribution in [3.8, 4) is 11.4 Å². The van der Waals surface area contributed by atoms with Gasteiger partial charge in [-0.15, -0.1) is 10.2 Å². The SMILES string of the molecule is Clc1ccc([C@]2(Cn3ccnc3)OC[C@@H](COc3ccc(-n4cnnc4)cc3)O2)c(Cl)c1. The third-order valence-electron chi connectivity index (χ3n) is 5.14. The lowest BCUT2D eigenvalue weighted by Crippen LogP contribution is -2.34. The summed E-state index contributed by atoms with van der Waals surface area (Å²) in [4.78, 5) is 4.11. The highest BCUT2D eigenvalue weighted by molar-refractivity contribution is 6.35. The van der Waals surface area contributed by atoms with Gasteiger partial charge in [0.1, 0.15) is 31.1 Å². The maximum Gasteiger partial charge on any atom is 0.215 e. The summed E-state index contributed by atoms with van der Waals surface area (Å²) in [5.41, 5.74) is 1.65. The molecular formula is C22H19Cl2N5O3. The van der Waals surface area contributed by atoms with Crippen molar-refractivity contribution >= 4 is 23.2 Å². The van der Waals surface area contributed by atoms with Crippen molar-refractivity contribution < 1.29 is 14.2 Å². The Morgan fingerprint density at radius 3 is 2.59 bits per heavy atom. The van der Waals surface area contributed by atoms with Crippen LogP contribution in [0.2, 0.25) is 10.0 Å². The first kappa shape index (κ1) is 21.0. The quantitative estimate of drug-likeness (QED) is 0.403. The normalized spacial score (nSPS) is 20.5. The fourth-order valence-electron chi connectivity index (χ4n) is 3.61. The number of benzene rings is 2. The third kappa shape index (κ3) is 4.35. The van der Waals surface area contributed by atoms with Crippen LogP contribution in [0.1, 0.15) is 5.56 Å². The Bertz CT molecular complexity index is 1170. The van der Waals surface area contributed by atoms with Gasteiger partial charge in [0.05, 0.1) is 24.5 Å². The van der Waals surface area contributed by atoms with Crippen LogP contribution in [-0.4, -0.2) is 43.6 Å². The summed E-state index contributed by atoms with van der Waals surface area (Å²) in [5, 5.41) is 8.65. The Labute approximate surface area is 194 Å². The van der Waals surface area contributed by atoms with E-state index in [0.717, 1.165) is 11.4 Å². The summed E-state index contributed by atoms with van der Waals surface area (Å²) < 4.78 is 22.2. The smallest absolute Gasteiger partial charge is 0.215 e. The lowest BCUT2D eigenvalue weighted by molar-refractivity contribution is -0.189. The van der Waals surface area contributed by atoms with Crippen LogP contribution in [0.4, 0.5) is 0 Å². The Hall–Kier alpha value is -2.91. The Kier molecular flexibility index (Phi) is 5.84. The standard InChI is InChI=1S/C22H19Cl2N5O3/c23-16-1-6-20(21(24)9-16)22(12-28-8-7-25-13-28)31-11-19(32-22)10-30-18-4-2-17(3-5-18)29-14-26-27-15-29/h1-9,13-15,19H,10-12H2/t19-,22-/m1/s1. The summed E-state index contributed by atoms with van der Waals surface area (Å²) in [5.74, 6) is -0.351.